The van der Waals surface area contributed by atoms with Crippen molar-refractivity contribution < 1.29 is 9.53 Å². The van der Waals surface area contributed by atoms with E-state index in [0.29, 0.717) is 6.42 Å². The van der Waals surface area contributed by atoms with Gasteiger partial charge in [0.15, 0.2) is 5.78 Å². The van der Waals surface area contributed by atoms with Gasteiger partial charge in [-0.2, -0.15) is 0 Å². The maximum absolute atomic E-state index is 12.5. The van der Waals surface area contributed by atoms with Crippen LogP contribution in [0.3, 0.4) is 0 Å². The van der Waals surface area contributed by atoms with Gasteiger partial charge in [-0.1, -0.05) is 13.0 Å². The molecule has 0 fully saturated rings. The minimum absolute atomic E-state index is 0.0723. The van der Waals surface area contributed by atoms with Crippen LogP contribution in [0.25, 0.3) is 0 Å². The standard InChI is InChI=1S/C15H22O2/c1-7-15(5,17-6)14(16)13-9-11(3)10(2)8-12(13)4/h8-9H,7H2,1-6H3. The van der Waals surface area contributed by atoms with Crippen LogP contribution in [-0.2, 0) is 4.74 Å². The van der Waals surface area contributed by atoms with E-state index < -0.39 is 5.60 Å². The van der Waals surface area contributed by atoms with E-state index in [1.807, 2.05) is 33.8 Å². The normalized spacial score (nSPS) is 14.5. The summed E-state index contributed by atoms with van der Waals surface area (Å²) in [6, 6.07) is 4.04. The summed E-state index contributed by atoms with van der Waals surface area (Å²) in [5, 5.41) is 0. The molecule has 1 atom stereocenters. The first kappa shape index (κ1) is 13.9. The van der Waals surface area contributed by atoms with Crippen LogP contribution in [0.2, 0.25) is 0 Å². The van der Waals surface area contributed by atoms with E-state index in [4.69, 9.17) is 4.74 Å². The van der Waals surface area contributed by atoms with E-state index in [2.05, 4.69) is 13.0 Å². The summed E-state index contributed by atoms with van der Waals surface area (Å²) in [4.78, 5) is 12.5. The van der Waals surface area contributed by atoms with E-state index in [-0.39, 0.29) is 5.78 Å². The number of benzene rings is 1. The maximum Gasteiger partial charge on any atom is 0.194 e. The molecule has 0 spiro atoms. The van der Waals surface area contributed by atoms with Crippen molar-refractivity contribution in [1.82, 2.24) is 0 Å². The molecular weight excluding hydrogens is 212 g/mol. The molecule has 1 aromatic carbocycles. The Labute approximate surface area is 104 Å². The number of carbonyl (C=O) groups is 1. The summed E-state index contributed by atoms with van der Waals surface area (Å²) < 4.78 is 5.38. The van der Waals surface area contributed by atoms with Gasteiger partial charge in [-0.05, 0) is 56.9 Å². The largest absolute Gasteiger partial charge is 0.370 e. The van der Waals surface area contributed by atoms with Crippen molar-refractivity contribution in [2.75, 3.05) is 7.11 Å². The summed E-state index contributed by atoms with van der Waals surface area (Å²) in [5.41, 5.74) is 3.45. The van der Waals surface area contributed by atoms with Gasteiger partial charge in [-0.15, -0.1) is 0 Å². The quantitative estimate of drug-likeness (QED) is 0.744. The molecule has 17 heavy (non-hydrogen) atoms. The lowest BCUT2D eigenvalue weighted by Gasteiger charge is -2.26. The number of methoxy groups -OCH3 is 1. The molecule has 1 rings (SSSR count). The van der Waals surface area contributed by atoms with Gasteiger partial charge in [0.1, 0.15) is 5.60 Å². The molecule has 0 N–H and O–H groups in total. The molecule has 0 heterocycles. The van der Waals surface area contributed by atoms with Crippen LogP contribution in [0.5, 0.6) is 0 Å². The molecule has 0 radical (unpaired) electrons. The second-order valence-electron chi connectivity index (χ2n) is 4.87. The van der Waals surface area contributed by atoms with Crippen LogP contribution in [0.15, 0.2) is 12.1 Å². The van der Waals surface area contributed by atoms with Gasteiger partial charge in [-0.3, -0.25) is 4.79 Å². The zero-order valence-corrected chi connectivity index (χ0v) is 11.7. The predicted octanol–water partition coefficient (Wildman–Crippen LogP) is 3.61. The number of ether oxygens (including phenoxy) is 1. The third-order valence-electron chi connectivity index (χ3n) is 3.69. The fraction of sp³-hybridized carbons (Fsp3) is 0.533. The molecule has 0 saturated carbocycles. The fourth-order valence-electron chi connectivity index (χ4n) is 1.89. The topological polar surface area (TPSA) is 26.3 Å². The van der Waals surface area contributed by atoms with Crippen LogP contribution in [0.4, 0.5) is 0 Å². The lowest BCUT2D eigenvalue weighted by Crippen LogP contribution is -2.37. The van der Waals surface area contributed by atoms with Crippen molar-refractivity contribution in [3.63, 3.8) is 0 Å². The number of hydrogen-bond acceptors (Lipinski definition) is 2. The molecule has 94 valence electrons. The van der Waals surface area contributed by atoms with Crippen LogP contribution >= 0.6 is 0 Å². The Morgan fingerprint density at radius 1 is 1.18 bits per heavy atom. The number of rotatable bonds is 4. The Morgan fingerprint density at radius 3 is 2.18 bits per heavy atom. The summed E-state index contributed by atoms with van der Waals surface area (Å²) in [5.74, 6) is 0.0723. The van der Waals surface area contributed by atoms with Crippen molar-refractivity contribution in [1.29, 1.82) is 0 Å². The average Bonchev–Trinajstić information content (AvgIpc) is 2.32. The van der Waals surface area contributed by atoms with Crippen molar-refractivity contribution in [2.24, 2.45) is 0 Å². The highest BCUT2D eigenvalue weighted by atomic mass is 16.5. The molecule has 0 bridgehead atoms. The second kappa shape index (κ2) is 5.01. The lowest BCUT2D eigenvalue weighted by molar-refractivity contribution is 0.0105. The third kappa shape index (κ3) is 2.58. The Bertz CT molecular complexity index is 429. The van der Waals surface area contributed by atoms with Gasteiger partial charge in [0.2, 0.25) is 0 Å². The Morgan fingerprint density at radius 2 is 1.71 bits per heavy atom. The number of aryl methyl sites for hydroxylation is 3. The van der Waals surface area contributed by atoms with Crippen LogP contribution in [-0.4, -0.2) is 18.5 Å². The summed E-state index contributed by atoms with van der Waals surface area (Å²) in [7, 11) is 1.60. The third-order valence-corrected chi connectivity index (χ3v) is 3.69. The highest BCUT2D eigenvalue weighted by Gasteiger charge is 2.32. The fourth-order valence-corrected chi connectivity index (χ4v) is 1.89. The maximum atomic E-state index is 12.5. The highest BCUT2D eigenvalue weighted by Crippen LogP contribution is 2.24. The zero-order valence-electron chi connectivity index (χ0n) is 11.7. The van der Waals surface area contributed by atoms with E-state index in [9.17, 15) is 4.79 Å². The number of carbonyl (C=O) groups excluding carboxylic acids is 1. The Kier molecular flexibility index (Phi) is 4.10. The summed E-state index contributed by atoms with van der Waals surface area (Å²) in [6.45, 7) is 9.89. The molecular formula is C15H22O2. The van der Waals surface area contributed by atoms with Gasteiger partial charge in [0.05, 0.1) is 0 Å². The van der Waals surface area contributed by atoms with Gasteiger partial charge >= 0.3 is 0 Å². The van der Waals surface area contributed by atoms with E-state index in [0.717, 1.165) is 16.7 Å². The van der Waals surface area contributed by atoms with E-state index in [1.165, 1.54) is 5.56 Å². The average molecular weight is 234 g/mol. The number of Topliss-reactive ketones (excluding diaryl/α,β-unsaturated/α-hetero) is 1. The lowest BCUT2D eigenvalue weighted by atomic mass is 9.88. The molecule has 2 heteroatoms. The first-order valence-electron chi connectivity index (χ1n) is 6.03. The summed E-state index contributed by atoms with van der Waals surface area (Å²) in [6.07, 6.45) is 0.675. The first-order valence-corrected chi connectivity index (χ1v) is 6.03. The first-order chi connectivity index (χ1) is 7.85. The molecule has 0 saturated heterocycles. The predicted molar refractivity (Wildman–Crippen MR) is 70.7 cm³/mol. The van der Waals surface area contributed by atoms with Crippen molar-refractivity contribution in [2.45, 2.75) is 46.6 Å². The molecule has 0 aromatic heterocycles. The Balaban J connectivity index is 3.26. The summed E-state index contributed by atoms with van der Waals surface area (Å²) >= 11 is 0. The van der Waals surface area contributed by atoms with Gasteiger partial charge in [0, 0.05) is 12.7 Å². The smallest absolute Gasteiger partial charge is 0.194 e. The molecule has 0 aliphatic heterocycles. The Hall–Kier alpha value is -1.15. The van der Waals surface area contributed by atoms with Gasteiger partial charge in [0.25, 0.3) is 0 Å². The monoisotopic (exact) mass is 234 g/mol. The van der Waals surface area contributed by atoms with Crippen LogP contribution in [0.1, 0.15) is 47.3 Å². The van der Waals surface area contributed by atoms with Crippen molar-refractivity contribution >= 4 is 5.78 Å². The van der Waals surface area contributed by atoms with Crippen molar-refractivity contribution in [3.05, 3.63) is 34.4 Å². The van der Waals surface area contributed by atoms with E-state index >= 15 is 0 Å². The SMILES string of the molecule is CCC(C)(OC)C(=O)c1cc(C)c(C)cc1C. The molecule has 0 aliphatic rings. The zero-order chi connectivity index (χ0) is 13.2. The van der Waals surface area contributed by atoms with Gasteiger partial charge < -0.3 is 4.74 Å². The van der Waals surface area contributed by atoms with Crippen LogP contribution < -0.4 is 0 Å². The highest BCUT2D eigenvalue weighted by molar-refractivity contribution is 6.03. The van der Waals surface area contributed by atoms with E-state index in [1.54, 1.807) is 7.11 Å². The molecule has 0 aliphatic carbocycles. The molecule has 2 nitrogen and oxygen atoms in total. The minimum atomic E-state index is -0.716. The van der Waals surface area contributed by atoms with Crippen molar-refractivity contribution in [3.8, 4) is 0 Å². The molecule has 1 unspecified atom stereocenters. The van der Waals surface area contributed by atoms with Gasteiger partial charge in [-0.25, -0.2) is 0 Å². The van der Waals surface area contributed by atoms with Crippen LogP contribution in [0, 0.1) is 20.8 Å². The molecule has 0 amide bonds. The molecule has 1 aromatic rings. The number of ketones is 1. The second-order valence-corrected chi connectivity index (χ2v) is 4.87. The number of hydrogen-bond donors (Lipinski definition) is 0. The minimum Gasteiger partial charge on any atom is -0.370 e.